The maximum atomic E-state index is 6.21. The van der Waals surface area contributed by atoms with E-state index in [1.165, 1.54) is 86.8 Å². The van der Waals surface area contributed by atoms with Crippen molar-refractivity contribution in [3.8, 4) is 22.5 Å². The molecule has 0 bridgehead atoms. The Balaban J connectivity index is 1.07. The molecule has 3 heterocycles. The van der Waals surface area contributed by atoms with Crippen molar-refractivity contribution < 1.29 is 4.42 Å². The van der Waals surface area contributed by atoms with Gasteiger partial charge in [-0.1, -0.05) is 111 Å². The van der Waals surface area contributed by atoms with Crippen molar-refractivity contribution in [3.05, 3.63) is 180 Å². The molecule has 57 heavy (non-hydrogen) atoms. The van der Waals surface area contributed by atoms with Crippen molar-refractivity contribution in [2.24, 2.45) is 0 Å². The summed E-state index contributed by atoms with van der Waals surface area (Å²) in [5.41, 5.74) is 16.9. The minimum Gasteiger partial charge on any atom is -0.456 e. The molecule has 0 N–H and O–H groups in total. The Kier molecular flexibility index (Phi) is 6.75. The van der Waals surface area contributed by atoms with Crippen molar-refractivity contribution >= 4 is 77.3 Å². The van der Waals surface area contributed by atoms with Gasteiger partial charge < -0.3 is 13.6 Å². The van der Waals surface area contributed by atoms with Crippen molar-refractivity contribution in [2.45, 2.75) is 42.9 Å². The first-order chi connectivity index (χ1) is 27.8. The van der Waals surface area contributed by atoms with Crippen LogP contribution in [0.2, 0.25) is 0 Å². The summed E-state index contributed by atoms with van der Waals surface area (Å²) in [5, 5.41) is 7.28. The summed E-state index contributed by atoms with van der Waals surface area (Å²) < 4.78 is 11.1. The maximum Gasteiger partial charge on any atom is 0.135 e. The van der Waals surface area contributed by atoms with Crippen LogP contribution in [0.1, 0.15) is 36.1 Å². The third-order valence-electron chi connectivity index (χ3n) is 12.6. The second kappa shape index (κ2) is 11.8. The highest BCUT2D eigenvalue weighted by Crippen LogP contribution is 2.55. The van der Waals surface area contributed by atoms with Gasteiger partial charge in [0.15, 0.2) is 0 Å². The van der Waals surface area contributed by atoms with E-state index in [2.05, 4.69) is 182 Å². The van der Waals surface area contributed by atoms with Gasteiger partial charge in [-0.3, -0.25) is 0 Å². The number of fused-ring (bicyclic) bond motifs is 12. The molecular formula is C53H38N2OS. The van der Waals surface area contributed by atoms with E-state index in [0.29, 0.717) is 0 Å². The molecule has 0 amide bonds. The van der Waals surface area contributed by atoms with E-state index in [4.69, 9.17) is 4.42 Å². The van der Waals surface area contributed by atoms with E-state index in [0.717, 1.165) is 33.3 Å². The van der Waals surface area contributed by atoms with Crippen LogP contribution >= 0.6 is 11.8 Å². The van der Waals surface area contributed by atoms with Crippen LogP contribution in [0.3, 0.4) is 0 Å². The third-order valence-corrected chi connectivity index (χ3v) is 14.0. The number of aryl methyl sites for hydroxylation is 2. The van der Waals surface area contributed by atoms with Gasteiger partial charge >= 0.3 is 0 Å². The minimum absolute atomic E-state index is 0.185. The van der Waals surface area contributed by atoms with Crippen LogP contribution in [-0.4, -0.2) is 9.13 Å². The first kappa shape index (κ1) is 32.7. The Bertz CT molecular complexity index is 3500. The lowest BCUT2D eigenvalue weighted by Gasteiger charge is -2.25. The molecule has 1 aliphatic carbocycles. The second-order valence-corrected chi connectivity index (χ2v) is 17.3. The van der Waals surface area contributed by atoms with Gasteiger partial charge in [-0.05, 0) is 120 Å². The molecular weight excluding hydrogens is 713 g/mol. The molecule has 0 atom stereocenters. The molecule has 0 fully saturated rings. The normalized spacial score (nSPS) is 13.5. The highest BCUT2D eigenvalue weighted by molar-refractivity contribution is 7.99. The van der Waals surface area contributed by atoms with Gasteiger partial charge in [0, 0.05) is 58.9 Å². The highest BCUT2D eigenvalue weighted by Gasteiger charge is 2.39. The lowest BCUT2D eigenvalue weighted by atomic mass is 9.81. The topological polar surface area (TPSA) is 23.0 Å². The monoisotopic (exact) mass is 750 g/mol. The molecule has 0 saturated carbocycles. The lowest BCUT2D eigenvalue weighted by molar-refractivity contribution is 0.646. The quantitative estimate of drug-likeness (QED) is 0.179. The Labute approximate surface area is 334 Å². The van der Waals surface area contributed by atoms with E-state index in [9.17, 15) is 0 Å². The van der Waals surface area contributed by atoms with E-state index >= 15 is 0 Å². The van der Waals surface area contributed by atoms with Gasteiger partial charge in [0.25, 0.3) is 0 Å². The van der Waals surface area contributed by atoms with Crippen LogP contribution in [-0.2, 0) is 5.41 Å². The molecule has 0 aliphatic heterocycles. The number of rotatable bonds is 4. The highest BCUT2D eigenvalue weighted by atomic mass is 32.2. The molecule has 4 heteroatoms. The third kappa shape index (κ3) is 4.56. The van der Waals surface area contributed by atoms with Crippen molar-refractivity contribution in [1.29, 1.82) is 0 Å². The van der Waals surface area contributed by atoms with E-state index in [1.807, 2.05) is 23.9 Å². The molecule has 272 valence electrons. The van der Waals surface area contributed by atoms with Gasteiger partial charge in [-0.15, -0.1) is 0 Å². The fourth-order valence-corrected chi connectivity index (χ4v) is 11.1. The minimum atomic E-state index is -0.185. The first-order valence-corrected chi connectivity index (χ1v) is 20.6. The molecule has 0 spiro atoms. The zero-order valence-corrected chi connectivity index (χ0v) is 33.0. The summed E-state index contributed by atoms with van der Waals surface area (Å²) in [6.45, 7) is 9.32. The van der Waals surface area contributed by atoms with Gasteiger partial charge in [0.2, 0.25) is 0 Å². The van der Waals surface area contributed by atoms with E-state index < -0.39 is 0 Å². The number of hydrogen-bond acceptors (Lipinski definition) is 2. The van der Waals surface area contributed by atoms with Crippen molar-refractivity contribution in [3.63, 3.8) is 0 Å². The summed E-state index contributed by atoms with van der Waals surface area (Å²) in [6.07, 6.45) is 0. The summed E-state index contributed by atoms with van der Waals surface area (Å²) in [5.74, 6) is 0. The van der Waals surface area contributed by atoms with Crippen LogP contribution in [0, 0.1) is 13.8 Å². The summed E-state index contributed by atoms with van der Waals surface area (Å²) in [6, 6.07) is 58.0. The van der Waals surface area contributed by atoms with E-state index in [1.54, 1.807) is 0 Å². The maximum absolute atomic E-state index is 6.21. The van der Waals surface area contributed by atoms with Gasteiger partial charge in [0.1, 0.15) is 11.2 Å². The summed E-state index contributed by atoms with van der Waals surface area (Å²) >= 11 is 1.92. The molecule has 8 aromatic carbocycles. The van der Waals surface area contributed by atoms with Gasteiger partial charge in [-0.2, -0.15) is 0 Å². The number of benzene rings is 8. The Morgan fingerprint density at radius 3 is 1.82 bits per heavy atom. The Morgan fingerprint density at radius 1 is 0.456 bits per heavy atom. The molecule has 0 saturated heterocycles. The Hall–Kier alpha value is -6.49. The lowest BCUT2D eigenvalue weighted by Crippen LogP contribution is -2.16. The fourth-order valence-electron chi connectivity index (χ4n) is 9.84. The van der Waals surface area contributed by atoms with Crippen molar-refractivity contribution in [2.75, 3.05) is 0 Å². The summed E-state index contributed by atoms with van der Waals surface area (Å²) in [7, 11) is 0. The SMILES string of the molecule is Cc1ccccc1Sc1c(C)ccc2c1C(C)(C)c1cc3c(cc1-2)c1ccccc1n3-c1ccc2c(c1)c1ccccc1n2-c1ccc2oc3ccccc3c2c1. The smallest absolute Gasteiger partial charge is 0.135 e. The molecule has 1 aliphatic rings. The average Bonchev–Trinajstić information content (AvgIpc) is 3.93. The van der Waals surface area contributed by atoms with E-state index in [-0.39, 0.29) is 5.41 Å². The largest absolute Gasteiger partial charge is 0.456 e. The predicted octanol–water partition coefficient (Wildman–Crippen LogP) is 14.9. The molecule has 11 aromatic rings. The molecule has 3 aromatic heterocycles. The Morgan fingerprint density at radius 2 is 1.05 bits per heavy atom. The molecule has 0 unspecified atom stereocenters. The van der Waals surface area contributed by atoms with Gasteiger partial charge in [0.05, 0.1) is 22.1 Å². The number of furan rings is 1. The van der Waals surface area contributed by atoms with Crippen LogP contribution in [0.15, 0.2) is 172 Å². The predicted molar refractivity (Wildman–Crippen MR) is 240 cm³/mol. The molecule has 0 radical (unpaired) electrons. The fraction of sp³-hybridized carbons (Fsp3) is 0.0943. The van der Waals surface area contributed by atoms with Gasteiger partial charge in [-0.25, -0.2) is 0 Å². The molecule has 12 rings (SSSR count). The number of hydrogen-bond donors (Lipinski definition) is 0. The van der Waals surface area contributed by atoms with Crippen LogP contribution in [0.4, 0.5) is 0 Å². The zero-order chi connectivity index (χ0) is 38.2. The van der Waals surface area contributed by atoms with Crippen LogP contribution in [0.25, 0.3) is 88.1 Å². The standard InChI is InChI=1S/C53H38N2OS/c1-31-13-5-12-20-50(31)57-52-32(2)21-24-38-39-29-41-36-15-7-10-18-45(36)55(47(41)30-43(39)53(3,4)51(38)52)33-22-25-46-40(27-33)35-14-6-9-17-44(35)54(46)34-23-26-49-42(28-34)37-16-8-11-19-48(37)56-49/h5-30H,1-4H3. The summed E-state index contributed by atoms with van der Waals surface area (Å²) in [4.78, 5) is 2.69. The average molecular weight is 751 g/mol. The molecule has 3 nitrogen and oxygen atoms in total. The second-order valence-electron chi connectivity index (χ2n) is 16.2. The number of para-hydroxylation sites is 3. The number of aromatic nitrogens is 2. The first-order valence-electron chi connectivity index (χ1n) is 19.8. The zero-order valence-electron chi connectivity index (χ0n) is 32.2. The number of nitrogens with zero attached hydrogens (tertiary/aromatic N) is 2. The van der Waals surface area contributed by atoms with Crippen molar-refractivity contribution in [1.82, 2.24) is 9.13 Å². The van der Waals surface area contributed by atoms with Crippen LogP contribution < -0.4 is 0 Å². The van der Waals surface area contributed by atoms with Crippen LogP contribution in [0.5, 0.6) is 0 Å².